The average molecular weight is 209 g/mol. The fraction of sp³-hybridized carbons (Fsp3) is 0.545. The summed E-state index contributed by atoms with van der Waals surface area (Å²) >= 11 is 0. The van der Waals surface area contributed by atoms with Gasteiger partial charge >= 0.3 is 0 Å². The van der Waals surface area contributed by atoms with Crippen molar-refractivity contribution in [2.45, 2.75) is 20.0 Å². The lowest BCUT2D eigenvalue weighted by Gasteiger charge is -2.14. The van der Waals surface area contributed by atoms with Crippen molar-refractivity contribution in [3.63, 3.8) is 0 Å². The van der Waals surface area contributed by atoms with Crippen LogP contribution in [0.4, 0.5) is 5.69 Å². The van der Waals surface area contributed by atoms with Gasteiger partial charge in [0.25, 0.3) is 0 Å². The Morgan fingerprint density at radius 3 is 2.80 bits per heavy atom. The summed E-state index contributed by atoms with van der Waals surface area (Å²) in [5.41, 5.74) is 7.00. The number of nitrogens with zero attached hydrogens (tertiary/aromatic N) is 1. The second-order valence-electron chi connectivity index (χ2n) is 4.07. The molecule has 1 heterocycles. The molecule has 0 saturated heterocycles. The molecule has 4 heteroatoms. The lowest BCUT2D eigenvalue weighted by Crippen LogP contribution is -2.25. The van der Waals surface area contributed by atoms with Crippen molar-refractivity contribution in [1.82, 2.24) is 10.3 Å². The van der Waals surface area contributed by atoms with E-state index in [4.69, 9.17) is 5.73 Å². The number of hydrogen-bond donors (Lipinski definition) is 3. The van der Waals surface area contributed by atoms with E-state index < -0.39 is 6.10 Å². The van der Waals surface area contributed by atoms with Crippen LogP contribution in [0.3, 0.4) is 0 Å². The molecule has 0 bridgehead atoms. The molecule has 4 nitrogen and oxygen atoms in total. The first-order chi connectivity index (χ1) is 7.11. The maximum atomic E-state index is 9.83. The van der Waals surface area contributed by atoms with Crippen molar-refractivity contribution in [2.75, 3.05) is 18.8 Å². The van der Waals surface area contributed by atoms with Gasteiger partial charge in [0.05, 0.1) is 6.10 Å². The largest absolute Gasteiger partial charge is 0.398 e. The number of nitrogens with two attached hydrogens (primary N) is 1. The van der Waals surface area contributed by atoms with E-state index in [2.05, 4.69) is 24.1 Å². The fourth-order valence-corrected chi connectivity index (χ4v) is 1.31. The van der Waals surface area contributed by atoms with Crippen LogP contribution >= 0.6 is 0 Å². The standard InChI is InChI=1S/C11H19N3O/c1-8(2)5-14-7-11(15)9-6-13-4-3-10(9)12/h3-4,6,8,11,14-15H,5,7H2,1-2H3,(H2,12,13). The minimum absolute atomic E-state index is 0.508. The van der Waals surface area contributed by atoms with E-state index in [9.17, 15) is 5.11 Å². The quantitative estimate of drug-likeness (QED) is 0.675. The Morgan fingerprint density at radius 1 is 1.47 bits per heavy atom. The van der Waals surface area contributed by atoms with Crippen LogP contribution in [0.25, 0.3) is 0 Å². The molecule has 0 radical (unpaired) electrons. The number of nitrogens with one attached hydrogen (secondary N) is 1. The third-order valence-electron chi connectivity index (χ3n) is 2.14. The molecule has 1 aromatic heterocycles. The monoisotopic (exact) mass is 209 g/mol. The highest BCUT2D eigenvalue weighted by molar-refractivity contribution is 5.45. The number of anilines is 1. The van der Waals surface area contributed by atoms with Gasteiger partial charge in [-0.3, -0.25) is 4.98 Å². The summed E-state index contributed by atoms with van der Waals surface area (Å²) in [5.74, 6) is 0.573. The van der Waals surface area contributed by atoms with Gasteiger partial charge in [0.2, 0.25) is 0 Å². The van der Waals surface area contributed by atoms with Crippen LogP contribution in [0.1, 0.15) is 25.5 Å². The zero-order chi connectivity index (χ0) is 11.3. The van der Waals surface area contributed by atoms with Crippen LogP contribution in [0, 0.1) is 5.92 Å². The molecule has 0 saturated carbocycles. The number of hydrogen-bond acceptors (Lipinski definition) is 4. The molecule has 0 aliphatic rings. The van der Waals surface area contributed by atoms with E-state index in [1.54, 1.807) is 18.5 Å². The van der Waals surface area contributed by atoms with Gasteiger partial charge in [0, 0.05) is 30.2 Å². The molecular weight excluding hydrogens is 190 g/mol. The highest BCUT2D eigenvalue weighted by atomic mass is 16.3. The predicted octanol–water partition coefficient (Wildman–Crippen LogP) is 0.943. The Morgan fingerprint density at radius 2 is 2.20 bits per heavy atom. The first-order valence-corrected chi connectivity index (χ1v) is 5.19. The number of pyridine rings is 1. The Labute approximate surface area is 90.5 Å². The first kappa shape index (κ1) is 11.9. The summed E-state index contributed by atoms with van der Waals surface area (Å²) in [6.45, 7) is 5.64. The molecule has 0 fully saturated rings. The Kier molecular flexibility index (Phi) is 4.52. The number of rotatable bonds is 5. The molecule has 15 heavy (non-hydrogen) atoms. The summed E-state index contributed by atoms with van der Waals surface area (Å²) in [6, 6.07) is 1.70. The fourth-order valence-electron chi connectivity index (χ4n) is 1.31. The van der Waals surface area contributed by atoms with E-state index in [1.165, 1.54) is 0 Å². The van der Waals surface area contributed by atoms with E-state index in [-0.39, 0.29) is 0 Å². The van der Waals surface area contributed by atoms with Crippen molar-refractivity contribution in [1.29, 1.82) is 0 Å². The van der Waals surface area contributed by atoms with Crippen molar-refractivity contribution in [3.05, 3.63) is 24.0 Å². The Hall–Kier alpha value is -1.13. The predicted molar refractivity (Wildman–Crippen MR) is 61.3 cm³/mol. The maximum absolute atomic E-state index is 9.83. The molecule has 0 aromatic carbocycles. The first-order valence-electron chi connectivity index (χ1n) is 5.19. The molecule has 1 aromatic rings. The number of aromatic nitrogens is 1. The van der Waals surface area contributed by atoms with Crippen molar-refractivity contribution < 1.29 is 5.11 Å². The molecule has 1 atom stereocenters. The van der Waals surface area contributed by atoms with Gasteiger partial charge < -0.3 is 16.2 Å². The van der Waals surface area contributed by atoms with Crippen LogP contribution in [0.5, 0.6) is 0 Å². The molecule has 1 unspecified atom stereocenters. The van der Waals surface area contributed by atoms with E-state index in [1.807, 2.05) is 0 Å². The lowest BCUT2D eigenvalue weighted by atomic mass is 10.1. The minimum Gasteiger partial charge on any atom is -0.398 e. The zero-order valence-corrected chi connectivity index (χ0v) is 9.27. The van der Waals surface area contributed by atoms with Gasteiger partial charge in [0.15, 0.2) is 0 Å². The minimum atomic E-state index is -0.586. The van der Waals surface area contributed by atoms with E-state index >= 15 is 0 Å². The highest BCUT2D eigenvalue weighted by Gasteiger charge is 2.10. The molecule has 84 valence electrons. The summed E-state index contributed by atoms with van der Waals surface area (Å²) in [4.78, 5) is 3.94. The van der Waals surface area contributed by atoms with Crippen molar-refractivity contribution in [2.24, 2.45) is 5.92 Å². The average Bonchev–Trinajstić information content (AvgIpc) is 2.17. The molecule has 4 N–H and O–H groups in total. The normalized spacial score (nSPS) is 13.1. The SMILES string of the molecule is CC(C)CNCC(O)c1cnccc1N. The molecule has 0 aliphatic carbocycles. The van der Waals surface area contributed by atoms with Crippen LogP contribution in [0.15, 0.2) is 18.5 Å². The summed E-state index contributed by atoms with van der Waals surface area (Å²) in [6.07, 6.45) is 2.64. The number of aliphatic hydroxyl groups excluding tert-OH is 1. The zero-order valence-electron chi connectivity index (χ0n) is 9.27. The van der Waals surface area contributed by atoms with Gasteiger partial charge in [-0.1, -0.05) is 13.8 Å². The summed E-state index contributed by atoms with van der Waals surface area (Å²) in [7, 11) is 0. The van der Waals surface area contributed by atoms with Crippen molar-refractivity contribution in [3.8, 4) is 0 Å². The number of aliphatic hydroxyl groups is 1. The summed E-state index contributed by atoms with van der Waals surface area (Å²) in [5, 5.41) is 13.0. The van der Waals surface area contributed by atoms with Gasteiger partial charge in [0.1, 0.15) is 0 Å². The smallest absolute Gasteiger partial charge is 0.0949 e. The summed E-state index contributed by atoms with van der Waals surface area (Å²) < 4.78 is 0. The molecule has 1 rings (SSSR count). The maximum Gasteiger partial charge on any atom is 0.0949 e. The van der Waals surface area contributed by atoms with Gasteiger partial charge in [-0.05, 0) is 18.5 Å². The highest BCUT2D eigenvalue weighted by Crippen LogP contribution is 2.17. The molecule has 0 amide bonds. The van der Waals surface area contributed by atoms with E-state index in [0.717, 1.165) is 6.54 Å². The van der Waals surface area contributed by atoms with Crippen LogP contribution < -0.4 is 11.1 Å². The third kappa shape index (κ3) is 3.85. The second kappa shape index (κ2) is 5.68. The lowest BCUT2D eigenvalue weighted by molar-refractivity contribution is 0.174. The van der Waals surface area contributed by atoms with Crippen LogP contribution in [0.2, 0.25) is 0 Å². The topological polar surface area (TPSA) is 71.2 Å². The number of nitrogen functional groups attached to an aromatic ring is 1. The van der Waals surface area contributed by atoms with E-state index in [0.29, 0.717) is 23.7 Å². The van der Waals surface area contributed by atoms with Gasteiger partial charge in [-0.25, -0.2) is 0 Å². The third-order valence-corrected chi connectivity index (χ3v) is 2.14. The van der Waals surface area contributed by atoms with Gasteiger partial charge in [-0.15, -0.1) is 0 Å². The van der Waals surface area contributed by atoms with Crippen LogP contribution in [-0.4, -0.2) is 23.2 Å². The second-order valence-corrected chi connectivity index (χ2v) is 4.07. The Balaban J connectivity index is 2.47. The van der Waals surface area contributed by atoms with Crippen molar-refractivity contribution >= 4 is 5.69 Å². The molecular formula is C11H19N3O. The van der Waals surface area contributed by atoms with Gasteiger partial charge in [-0.2, -0.15) is 0 Å². The Bertz CT molecular complexity index is 302. The van der Waals surface area contributed by atoms with Crippen LogP contribution in [-0.2, 0) is 0 Å². The molecule has 0 aliphatic heterocycles. The molecule has 0 spiro atoms.